The van der Waals surface area contributed by atoms with Gasteiger partial charge in [0, 0.05) is 15.7 Å². The number of benzene rings is 1. The average Bonchev–Trinajstić information content (AvgIpc) is 2.16. The molecular weight excluding hydrogens is 320 g/mol. The Bertz CT molecular complexity index is 477. The fourth-order valence-electron chi connectivity index (χ4n) is 1.33. The molecule has 1 aromatic heterocycles. The molecule has 0 N–H and O–H groups in total. The predicted octanol–water partition coefficient (Wildman–Crippen LogP) is 3.98. The summed E-state index contributed by atoms with van der Waals surface area (Å²) in [6, 6.07) is 10.0. The first-order chi connectivity index (χ1) is 7.15. The smallest absolute Gasteiger partial charge is 0.197 e. The van der Waals surface area contributed by atoms with Crippen LogP contribution in [0.25, 0.3) is 11.3 Å². The highest BCUT2D eigenvalue weighted by atomic mass is 79.9. The van der Waals surface area contributed by atoms with Crippen molar-refractivity contribution in [3.05, 3.63) is 45.2 Å². The van der Waals surface area contributed by atoms with Crippen molar-refractivity contribution in [2.75, 3.05) is 0 Å². The number of hydrogen-bond acceptors (Lipinski definition) is 2. The summed E-state index contributed by atoms with van der Waals surface area (Å²) in [5.41, 5.74) is 2.96. The number of hydrogen-bond donors (Lipinski definition) is 0. The molecule has 0 fully saturated rings. The van der Waals surface area contributed by atoms with E-state index in [0.717, 1.165) is 21.4 Å². The first-order valence-electron chi connectivity index (χ1n) is 4.42. The third-order valence-electron chi connectivity index (χ3n) is 1.95. The second kappa shape index (κ2) is 4.41. The molecule has 0 amide bonds. The highest BCUT2D eigenvalue weighted by Crippen LogP contribution is 2.22. The van der Waals surface area contributed by atoms with Crippen molar-refractivity contribution in [3.8, 4) is 11.3 Å². The van der Waals surface area contributed by atoms with Crippen molar-refractivity contribution in [1.29, 1.82) is 0 Å². The minimum absolute atomic E-state index is 0.623. The van der Waals surface area contributed by atoms with Crippen LogP contribution in [0.5, 0.6) is 0 Å². The minimum Gasteiger partial charge on any atom is -0.227 e. The van der Waals surface area contributed by atoms with Gasteiger partial charge in [0.05, 0.1) is 5.69 Å². The molecule has 1 aromatic carbocycles. The van der Waals surface area contributed by atoms with Gasteiger partial charge in [0.25, 0.3) is 0 Å². The zero-order valence-electron chi connectivity index (χ0n) is 8.04. The first-order valence-corrected chi connectivity index (χ1v) is 6.01. The molecular formula is C11H8Br2N2. The SMILES string of the molecule is Cc1cc(-c2cccc(Br)c2)nc(Br)n1. The van der Waals surface area contributed by atoms with E-state index in [1.54, 1.807) is 0 Å². The van der Waals surface area contributed by atoms with Crippen LogP contribution in [0, 0.1) is 6.92 Å². The molecule has 1 heterocycles. The Kier molecular flexibility index (Phi) is 3.17. The van der Waals surface area contributed by atoms with E-state index in [1.807, 2.05) is 37.3 Å². The van der Waals surface area contributed by atoms with Gasteiger partial charge in [0.1, 0.15) is 0 Å². The summed E-state index contributed by atoms with van der Waals surface area (Å²) in [4.78, 5) is 8.51. The molecule has 0 spiro atoms. The van der Waals surface area contributed by atoms with Crippen molar-refractivity contribution in [1.82, 2.24) is 9.97 Å². The Morgan fingerprint density at radius 1 is 1.07 bits per heavy atom. The Balaban J connectivity index is 2.54. The molecule has 4 heteroatoms. The quantitative estimate of drug-likeness (QED) is 0.740. The molecule has 0 aliphatic rings. The van der Waals surface area contributed by atoms with E-state index in [2.05, 4.69) is 41.8 Å². The lowest BCUT2D eigenvalue weighted by Crippen LogP contribution is -1.90. The fraction of sp³-hybridized carbons (Fsp3) is 0.0909. The van der Waals surface area contributed by atoms with Crippen LogP contribution in [0.1, 0.15) is 5.69 Å². The molecule has 0 aliphatic heterocycles. The third-order valence-corrected chi connectivity index (χ3v) is 2.80. The topological polar surface area (TPSA) is 25.8 Å². The van der Waals surface area contributed by atoms with Crippen LogP contribution in [0.4, 0.5) is 0 Å². The van der Waals surface area contributed by atoms with Gasteiger partial charge in [-0.25, -0.2) is 9.97 Å². The highest BCUT2D eigenvalue weighted by Gasteiger charge is 2.02. The summed E-state index contributed by atoms with van der Waals surface area (Å²) < 4.78 is 1.67. The zero-order valence-corrected chi connectivity index (χ0v) is 11.2. The second-order valence-electron chi connectivity index (χ2n) is 3.17. The predicted molar refractivity (Wildman–Crippen MR) is 67.6 cm³/mol. The van der Waals surface area contributed by atoms with Crippen LogP contribution >= 0.6 is 31.9 Å². The van der Waals surface area contributed by atoms with Gasteiger partial charge in [0.15, 0.2) is 4.73 Å². The lowest BCUT2D eigenvalue weighted by atomic mass is 10.1. The molecule has 0 saturated carbocycles. The average molecular weight is 328 g/mol. The molecule has 0 saturated heterocycles. The number of nitrogens with zero attached hydrogens (tertiary/aromatic N) is 2. The van der Waals surface area contributed by atoms with E-state index in [-0.39, 0.29) is 0 Å². The summed E-state index contributed by atoms with van der Waals surface area (Å²) in [5, 5.41) is 0. The summed E-state index contributed by atoms with van der Waals surface area (Å²) >= 11 is 6.74. The summed E-state index contributed by atoms with van der Waals surface area (Å²) in [5.74, 6) is 0. The Morgan fingerprint density at radius 2 is 1.87 bits per heavy atom. The van der Waals surface area contributed by atoms with Gasteiger partial charge in [-0.05, 0) is 41.1 Å². The molecule has 0 atom stereocenters. The normalized spacial score (nSPS) is 10.3. The van der Waals surface area contributed by atoms with Crippen LogP contribution in [-0.2, 0) is 0 Å². The van der Waals surface area contributed by atoms with Crippen molar-refractivity contribution in [2.24, 2.45) is 0 Å². The first kappa shape index (κ1) is 10.8. The molecule has 0 radical (unpaired) electrons. The lowest BCUT2D eigenvalue weighted by molar-refractivity contribution is 1.06. The van der Waals surface area contributed by atoms with E-state index in [4.69, 9.17) is 0 Å². The Hall–Kier alpha value is -0.740. The largest absolute Gasteiger partial charge is 0.227 e. The highest BCUT2D eigenvalue weighted by molar-refractivity contribution is 9.10. The summed E-state index contributed by atoms with van der Waals surface area (Å²) in [6.07, 6.45) is 0. The second-order valence-corrected chi connectivity index (χ2v) is 4.80. The number of aryl methyl sites for hydroxylation is 1. The molecule has 2 nitrogen and oxygen atoms in total. The van der Waals surface area contributed by atoms with Crippen LogP contribution in [-0.4, -0.2) is 9.97 Å². The number of halogens is 2. The maximum atomic E-state index is 4.33. The van der Waals surface area contributed by atoms with Gasteiger partial charge in [0.2, 0.25) is 0 Å². The fourth-order valence-corrected chi connectivity index (χ4v) is 2.20. The Morgan fingerprint density at radius 3 is 2.53 bits per heavy atom. The molecule has 0 bridgehead atoms. The van der Waals surface area contributed by atoms with E-state index in [0.29, 0.717) is 4.73 Å². The molecule has 0 unspecified atom stereocenters. The lowest BCUT2D eigenvalue weighted by Gasteiger charge is -2.03. The van der Waals surface area contributed by atoms with Gasteiger partial charge in [-0.2, -0.15) is 0 Å². The van der Waals surface area contributed by atoms with Gasteiger partial charge >= 0.3 is 0 Å². The summed E-state index contributed by atoms with van der Waals surface area (Å²) in [7, 11) is 0. The molecule has 76 valence electrons. The number of rotatable bonds is 1. The van der Waals surface area contributed by atoms with Crippen molar-refractivity contribution in [2.45, 2.75) is 6.92 Å². The molecule has 15 heavy (non-hydrogen) atoms. The third kappa shape index (κ3) is 2.63. The maximum Gasteiger partial charge on any atom is 0.197 e. The zero-order chi connectivity index (χ0) is 10.8. The van der Waals surface area contributed by atoms with Crippen molar-refractivity contribution < 1.29 is 0 Å². The minimum atomic E-state index is 0.623. The standard InChI is InChI=1S/C11H8Br2N2/c1-7-5-10(15-11(13)14-7)8-3-2-4-9(12)6-8/h2-6H,1H3. The summed E-state index contributed by atoms with van der Waals surface area (Å²) in [6.45, 7) is 1.95. The molecule has 2 aromatic rings. The van der Waals surface area contributed by atoms with Gasteiger partial charge in [-0.15, -0.1) is 0 Å². The van der Waals surface area contributed by atoms with Crippen LogP contribution < -0.4 is 0 Å². The number of aromatic nitrogens is 2. The monoisotopic (exact) mass is 326 g/mol. The van der Waals surface area contributed by atoms with Gasteiger partial charge < -0.3 is 0 Å². The molecule has 2 rings (SSSR count). The Labute approximate surface area is 105 Å². The maximum absolute atomic E-state index is 4.33. The van der Waals surface area contributed by atoms with Gasteiger partial charge in [-0.3, -0.25) is 0 Å². The van der Waals surface area contributed by atoms with Crippen molar-refractivity contribution >= 4 is 31.9 Å². The molecule has 0 aliphatic carbocycles. The van der Waals surface area contributed by atoms with E-state index in [9.17, 15) is 0 Å². The van der Waals surface area contributed by atoms with E-state index < -0.39 is 0 Å². The van der Waals surface area contributed by atoms with Gasteiger partial charge in [-0.1, -0.05) is 28.1 Å². The van der Waals surface area contributed by atoms with E-state index >= 15 is 0 Å². The van der Waals surface area contributed by atoms with E-state index in [1.165, 1.54) is 0 Å². The van der Waals surface area contributed by atoms with Crippen LogP contribution in [0.3, 0.4) is 0 Å². The van der Waals surface area contributed by atoms with Crippen LogP contribution in [0.2, 0.25) is 0 Å². The van der Waals surface area contributed by atoms with Crippen molar-refractivity contribution in [3.63, 3.8) is 0 Å². The van der Waals surface area contributed by atoms with Crippen LogP contribution in [0.15, 0.2) is 39.5 Å².